The fraction of sp³-hybridized carbons (Fsp3) is 0.188. The fourth-order valence-corrected chi connectivity index (χ4v) is 2.48. The summed E-state index contributed by atoms with van der Waals surface area (Å²) in [4.78, 5) is 12.0. The molecule has 2 aromatic rings. The molecule has 0 aromatic heterocycles. The summed E-state index contributed by atoms with van der Waals surface area (Å²) in [6.45, 7) is 1.97. The van der Waals surface area contributed by atoms with Gasteiger partial charge in [0.05, 0.1) is 5.56 Å². The van der Waals surface area contributed by atoms with E-state index in [-0.39, 0.29) is 12.1 Å². The first kappa shape index (κ1) is 12.2. The number of hydrogen-bond acceptors (Lipinski definition) is 2. The van der Waals surface area contributed by atoms with E-state index in [1.165, 1.54) is 0 Å². The first-order chi connectivity index (χ1) is 9.13. The van der Waals surface area contributed by atoms with Gasteiger partial charge in [0.2, 0.25) is 0 Å². The number of esters is 1. The molecule has 1 heterocycles. The first-order valence-corrected chi connectivity index (χ1v) is 6.57. The standard InChI is InChI=1S/C16H13ClO2/c1-10-2-3-12-9-15(19-16(18)14(12)8-10)11-4-6-13(17)7-5-11/h2-8,15H,9H2,1H3. The van der Waals surface area contributed by atoms with Crippen LogP contribution in [0.25, 0.3) is 0 Å². The number of fused-ring (bicyclic) bond motifs is 1. The number of benzene rings is 2. The molecule has 0 bridgehead atoms. The zero-order chi connectivity index (χ0) is 13.4. The summed E-state index contributed by atoms with van der Waals surface area (Å²) in [6, 6.07) is 13.4. The highest BCUT2D eigenvalue weighted by Gasteiger charge is 2.27. The summed E-state index contributed by atoms with van der Waals surface area (Å²) in [5.74, 6) is -0.245. The third kappa shape index (κ3) is 2.36. The summed E-state index contributed by atoms with van der Waals surface area (Å²) >= 11 is 5.87. The Morgan fingerprint density at radius 1 is 1.16 bits per heavy atom. The number of hydrogen-bond donors (Lipinski definition) is 0. The summed E-state index contributed by atoms with van der Waals surface area (Å²) in [6.07, 6.45) is 0.489. The molecular weight excluding hydrogens is 260 g/mol. The van der Waals surface area contributed by atoms with Crippen LogP contribution >= 0.6 is 11.6 Å². The SMILES string of the molecule is Cc1ccc2c(c1)C(=O)OC(c1ccc(Cl)cc1)C2. The van der Waals surface area contributed by atoms with E-state index in [1.807, 2.05) is 49.4 Å². The molecule has 1 aliphatic rings. The van der Waals surface area contributed by atoms with Gasteiger partial charge in [-0.2, -0.15) is 0 Å². The fourth-order valence-electron chi connectivity index (χ4n) is 2.36. The van der Waals surface area contributed by atoms with Gasteiger partial charge in [-0.3, -0.25) is 0 Å². The topological polar surface area (TPSA) is 26.3 Å². The van der Waals surface area contributed by atoms with E-state index in [1.54, 1.807) is 0 Å². The molecule has 0 N–H and O–H groups in total. The lowest BCUT2D eigenvalue weighted by Gasteiger charge is -2.25. The van der Waals surface area contributed by atoms with Crippen molar-refractivity contribution in [3.05, 3.63) is 69.7 Å². The molecular formula is C16H13ClO2. The highest BCUT2D eigenvalue weighted by molar-refractivity contribution is 6.30. The predicted octanol–water partition coefficient (Wildman–Crippen LogP) is 4.10. The monoisotopic (exact) mass is 272 g/mol. The van der Waals surface area contributed by atoms with Crippen molar-refractivity contribution in [2.24, 2.45) is 0 Å². The van der Waals surface area contributed by atoms with Crippen molar-refractivity contribution in [1.82, 2.24) is 0 Å². The summed E-state index contributed by atoms with van der Waals surface area (Å²) in [5.41, 5.74) is 3.77. The van der Waals surface area contributed by atoms with Crippen LogP contribution in [0, 0.1) is 6.92 Å². The normalized spacial score (nSPS) is 17.8. The van der Waals surface area contributed by atoms with E-state index < -0.39 is 0 Å². The van der Waals surface area contributed by atoms with Gasteiger partial charge in [-0.25, -0.2) is 4.79 Å². The van der Waals surface area contributed by atoms with Gasteiger partial charge in [0.25, 0.3) is 0 Å². The van der Waals surface area contributed by atoms with Crippen LogP contribution < -0.4 is 0 Å². The minimum absolute atomic E-state index is 0.222. The minimum Gasteiger partial charge on any atom is -0.454 e. The molecule has 1 unspecified atom stereocenters. The van der Waals surface area contributed by atoms with E-state index >= 15 is 0 Å². The molecule has 0 saturated carbocycles. The number of cyclic esters (lactones) is 1. The molecule has 2 aromatic carbocycles. The van der Waals surface area contributed by atoms with Crippen LogP contribution in [0.1, 0.15) is 33.2 Å². The average molecular weight is 273 g/mol. The molecule has 19 heavy (non-hydrogen) atoms. The van der Waals surface area contributed by atoms with E-state index in [9.17, 15) is 4.79 Å². The predicted molar refractivity (Wildman–Crippen MR) is 74.5 cm³/mol. The van der Waals surface area contributed by atoms with Gasteiger partial charge in [-0.15, -0.1) is 0 Å². The summed E-state index contributed by atoms with van der Waals surface area (Å²) < 4.78 is 5.51. The lowest BCUT2D eigenvalue weighted by Crippen LogP contribution is -2.21. The van der Waals surface area contributed by atoms with E-state index in [0.29, 0.717) is 17.0 Å². The Morgan fingerprint density at radius 2 is 1.89 bits per heavy atom. The number of ether oxygens (including phenoxy) is 1. The average Bonchev–Trinajstić information content (AvgIpc) is 2.40. The Hall–Kier alpha value is -1.80. The number of aryl methyl sites for hydroxylation is 1. The third-order valence-corrected chi connectivity index (χ3v) is 3.63. The first-order valence-electron chi connectivity index (χ1n) is 6.19. The molecule has 1 atom stereocenters. The van der Waals surface area contributed by atoms with Gasteiger partial charge in [0.1, 0.15) is 6.10 Å². The molecule has 0 amide bonds. The third-order valence-electron chi connectivity index (χ3n) is 3.38. The number of rotatable bonds is 1. The van der Waals surface area contributed by atoms with Gasteiger partial charge in [-0.1, -0.05) is 41.4 Å². The molecule has 3 rings (SSSR count). The highest BCUT2D eigenvalue weighted by atomic mass is 35.5. The quantitative estimate of drug-likeness (QED) is 0.731. The van der Waals surface area contributed by atoms with Crippen molar-refractivity contribution in [3.8, 4) is 0 Å². The summed E-state index contributed by atoms with van der Waals surface area (Å²) in [5, 5.41) is 0.682. The van der Waals surface area contributed by atoms with Crippen molar-refractivity contribution in [3.63, 3.8) is 0 Å². The molecule has 0 saturated heterocycles. The lowest BCUT2D eigenvalue weighted by atomic mass is 9.93. The van der Waals surface area contributed by atoms with Crippen molar-refractivity contribution >= 4 is 17.6 Å². The van der Waals surface area contributed by atoms with E-state index in [0.717, 1.165) is 16.7 Å². The Balaban J connectivity index is 1.95. The molecule has 0 aliphatic carbocycles. The smallest absolute Gasteiger partial charge is 0.339 e. The molecule has 1 aliphatic heterocycles. The maximum absolute atomic E-state index is 12.0. The largest absolute Gasteiger partial charge is 0.454 e. The Kier molecular flexibility index (Phi) is 3.03. The number of carbonyl (C=O) groups excluding carboxylic acids is 1. The van der Waals surface area contributed by atoms with Crippen LogP contribution in [0.3, 0.4) is 0 Å². The van der Waals surface area contributed by atoms with Gasteiger partial charge in [0.15, 0.2) is 0 Å². The van der Waals surface area contributed by atoms with Crippen LogP contribution in [-0.2, 0) is 11.2 Å². The van der Waals surface area contributed by atoms with Gasteiger partial charge < -0.3 is 4.74 Å². The Labute approximate surface area is 117 Å². The van der Waals surface area contributed by atoms with E-state index in [2.05, 4.69) is 0 Å². The second-order valence-corrected chi connectivity index (χ2v) is 5.25. The number of halogens is 1. The minimum atomic E-state index is -0.245. The van der Waals surface area contributed by atoms with Crippen molar-refractivity contribution in [2.75, 3.05) is 0 Å². The van der Waals surface area contributed by atoms with Gasteiger partial charge >= 0.3 is 5.97 Å². The second kappa shape index (κ2) is 4.71. The Bertz CT molecular complexity index is 632. The number of carbonyl (C=O) groups is 1. The molecule has 0 fully saturated rings. The van der Waals surface area contributed by atoms with E-state index in [4.69, 9.17) is 16.3 Å². The highest BCUT2D eigenvalue weighted by Crippen LogP contribution is 2.31. The van der Waals surface area contributed by atoms with Crippen LogP contribution in [-0.4, -0.2) is 5.97 Å². The van der Waals surface area contributed by atoms with Crippen LogP contribution in [0.2, 0.25) is 5.02 Å². The van der Waals surface area contributed by atoms with Gasteiger partial charge in [0, 0.05) is 11.4 Å². The zero-order valence-electron chi connectivity index (χ0n) is 10.5. The maximum atomic E-state index is 12.0. The zero-order valence-corrected chi connectivity index (χ0v) is 11.3. The van der Waals surface area contributed by atoms with Crippen molar-refractivity contribution < 1.29 is 9.53 Å². The lowest BCUT2D eigenvalue weighted by molar-refractivity contribution is 0.0252. The second-order valence-electron chi connectivity index (χ2n) is 4.81. The van der Waals surface area contributed by atoms with Crippen LogP contribution in [0.15, 0.2) is 42.5 Å². The van der Waals surface area contributed by atoms with Crippen LogP contribution in [0.5, 0.6) is 0 Å². The summed E-state index contributed by atoms with van der Waals surface area (Å²) in [7, 11) is 0. The molecule has 2 nitrogen and oxygen atoms in total. The molecule has 3 heteroatoms. The Morgan fingerprint density at radius 3 is 2.63 bits per heavy atom. The molecule has 0 radical (unpaired) electrons. The van der Waals surface area contributed by atoms with Gasteiger partial charge in [-0.05, 0) is 36.2 Å². The maximum Gasteiger partial charge on any atom is 0.339 e. The molecule has 0 spiro atoms. The van der Waals surface area contributed by atoms with Crippen LogP contribution in [0.4, 0.5) is 0 Å². The van der Waals surface area contributed by atoms with Crippen molar-refractivity contribution in [1.29, 1.82) is 0 Å². The molecule has 96 valence electrons. The van der Waals surface area contributed by atoms with Crippen molar-refractivity contribution in [2.45, 2.75) is 19.4 Å².